The predicted molar refractivity (Wildman–Crippen MR) is 137 cm³/mol. The van der Waals surface area contributed by atoms with Gasteiger partial charge in [0.25, 0.3) is 11.8 Å². The van der Waals surface area contributed by atoms with Crippen LogP contribution >= 0.6 is 11.5 Å². The van der Waals surface area contributed by atoms with Crippen molar-refractivity contribution in [3.05, 3.63) is 112 Å². The molecule has 37 heavy (non-hydrogen) atoms. The summed E-state index contributed by atoms with van der Waals surface area (Å²) in [6.45, 7) is 0.178. The van der Waals surface area contributed by atoms with Crippen molar-refractivity contribution in [2.24, 2.45) is 5.73 Å². The second-order valence-electron chi connectivity index (χ2n) is 8.09. The number of carbonyl (C=O) groups excluding carboxylic acids is 3. The first kappa shape index (κ1) is 25.5. The molecule has 3 amide bonds. The van der Waals surface area contributed by atoms with Gasteiger partial charge < -0.3 is 21.7 Å². The quantitative estimate of drug-likeness (QED) is 0.311. The average molecular weight is 519 g/mol. The molecule has 1 atom stereocenters. The van der Waals surface area contributed by atoms with E-state index in [1.807, 2.05) is 30.3 Å². The number of halogens is 1. The van der Waals surface area contributed by atoms with Gasteiger partial charge in [0.1, 0.15) is 16.7 Å². The zero-order valence-corrected chi connectivity index (χ0v) is 20.3. The number of amides is 3. The molecule has 0 aliphatic carbocycles. The number of carbonyl (C=O) groups is 3. The van der Waals surface area contributed by atoms with Gasteiger partial charge >= 0.3 is 0 Å². The molecule has 2 aromatic carbocycles. The molecule has 0 aliphatic rings. The van der Waals surface area contributed by atoms with Crippen molar-refractivity contribution in [1.82, 2.24) is 19.6 Å². The third kappa shape index (κ3) is 5.96. The number of anilines is 1. The molecule has 2 heterocycles. The first-order chi connectivity index (χ1) is 17.8. The molecule has 0 unspecified atom stereocenters. The number of nitrogens with zero attached hydrogens (tertiary/aromatic N) is 3. The summed E-state index contributed by atoms with van der Waals surface area (Å²) < 4.78 is 17.7. The summed E-state index contributed by atoms with van der Waals surface area (Å²) in [7, 11) is 0. The minimum atomic E-state index is -1.17. The highest BCUT2D eigenvalue weighted by Crippen LogP contribution is 2.30. The van der Waals surface area contributed by atoms with E-state index < -0.39 is 29.6 Å². The number of benzene rings is 2. The van der Waals surface area contributed by atoms with E-state index in [1.165, 1.54) is 29.2 Å². The summed E-state index contributed by atoms with van der Waals surface area (Å²) in [5.41, 5.74) is 12.9. The normalized spacial score (nSPS) is 11.5. The Hall–Kier alpha value is -4.64. The van der Waals surface area contributed by atoms with Crippen LogP contribution in [0.15, 0.2) is 79.1 Å². The summed E-state index contributed by atoms with van der Waals surface area (Å²) in [5.74, 6) is -2.50. The summed E-state index contributed by atoms with van der Waals surface area (Å²) in [6, 6.07) is 16.9. The van der Waals surface area contributed by atoms with Gasteiger partial charge in [-0.15, -0.1) is 0 Å². The van der Waals surface area contributed by atoms with Gasteiger partial charge in [0, 0.05) is 25.5 Å². The van der Waals surface area contributed by atoms with Gasteiger partial charge in [0.05, 0.1) is 5.69 Å². The Balaban J connectivity index is 1.76. The average Bonchev–Trinajstić information content (AvgIpc) is 3.30. The molecular weight excluding hydrogens is 495 g/mol. The molecule has 0 saturated heterocycles. The van der Waals surface area contributed by atoms with E-state index in [2.05, 4.69) is 14.7 Å². The number of rotatable bonds is 9. The van der Waals surface area contributed by atoms with E-state index in [0.717, 1.165) is 5.56 Å². The number of nitrogen functional groups attached to an aromatic ring is 1. The molecule has 0 fully saturated rings. The third-order valence-electron chi connectivity index (χ3n) is 5.55. The number of primary amides is 1. The van der Waals surface area contributed by atoms with Gasteiger partial charge in [-0.1, -0.05) is 48.5 Å². The molecule has 0 spiro atoms. The fourth-order valence-electron chi connectivity index (χ4n) is 3.73. The molecule has 188 valence electrons. The Bertz CT molecular complexity index is 1400. The van der Waals surface area contributed by atoms with Gasteiger partial charge in [-0.05, 0) is 46.4 Å². The minimum absolute atomic E-state index is 0.0310. The highest BCUT2D eigenvalue weighted by molar-refractivity contribution is 7.09. The van der Waals surface area contributed by atoms with E-state index >= 15 is 0 Å². The van der Waals surface area contributed by atoms with E-state index in [9.17, 15) is 18.8 Å². The van der Waals surface area contributed by atoms with E-state index in [4.69, 9.17) is 11.5 Å². The van der Waals surface area contributed by atoms with Gasteiger partial charge in [0.15, 0.2) is 5.69 Å². The molecule has 4 rings (SSSR count). The van der Waals surface area contributed by atoms with Crippen LogP contribution < -0.4 is 16.8 Å². The van der Waals surface area contributed by atoms with Gasteiger partial charge in [-0.3, -0.25) is 19.4 Å². The maximum Gasteiger partial charge on any atom is 0.270 e. The summed E-state index contributed by atoms with van der Waals surface area (Å²) in [5, 5.41) is 2.86. The predicted octanol–water partition coefficient (Wildman–Crippen LogP) is 3.06. The Morgan fingerprint density at radius 2 is 1.70 bits per heavy atom. The molecule has 11 heteroatoms. The Labute approximate surface area is 216 Å². The molecule has 0 bridgehead atoms. The second kappa shape index (κ2) is 11.4. The minimum Gasteiger partial charge on any atom is -0.395 e. The smallest absolute Gasteiger partial charge is 0.270 e. The third-order valence-corrected chi connectivity index (χ3v) is 6.40. The van der Waals surface area contributed by atoms with Crippen molar-refractivity contribution in [3.63, 3.8) is 0 Å². The van der Waals surface area contributed by atoms with Crippen molar-refractivity contribution in [3.8, 4) is 0 Å². The largest absolute Gasteiger partial charge is 0.395 e. The SMILES string of the molecule is NC(=O)c1nsc(C(=O)N(Cc2cccnc2)[C@@H](C(=O)NCc2ccccc2)c2ccc(F)cc2)c1N. The van der Waals surface area contributed by atoms with Crippen LogP contribution in [0.3, 0.4) is 0 Å². The summed E-state index contributed by atoms with van der Waals surface area (Å²) in [4.78, 5) is 44.5. The molecule has 4 aromatic rings. The number of pyridine rings is 1. The summed E-state index contributed by atoms with van der Waals surface area (Å²) >= 11 is 0.714. The molecule has 5 N–H and O–H groups in total. The fourth-order valence-corrected chi connectivity index (χ4v) is 4.49. The highest BCUT2D eigenvalue weighted by atomic mass is 32.1. The van der Waals surface area contributed by atoms with E-state index in [-0.39, 0.29) is 29.3 Å². The van der Waals surface area contributed by atoms with Crippen molar-refractivity contribution >= 4 is 34.9 Å². The van der Waals surface area contributed by atoms with Crippen molar-refractivity contribution in [2.75, 3.05) is 5.73 Å². The van der Waals surface area contributed by atoms with Crippen LogP contribution in [0.2, 0.25) is 0 Å². The zero-order chi connectivity index (χ0) is 26.4. The van der Waals surface area contributed by atoms with Crippen LogP contribution in [0.1, 0.15) is 42.9 Å². The Morgan fingerprint density at radius 3 is 2.32 bits per heavy atom. The number of aromatic nitrogens is 2. The molecule has 0 saturated carbocycles. The van der Waals surface area contributed by atoms with Crippen LogP contribution in [0.4, 0.5) is 10.1 Å². The lowest BCUT2D eigenvalue weighted by Gasteiger charge is -2.31. The molecule has 9 nitrogen and oxygen atoms in total. The highest BCUT2D eigenvalue weighted by Gasteiger charge is 2.35. The first-order valence-electron chi connectivity index (χ1n) is 11.2. The molecule has 0 aliphatic heterocycles. The topological polar surface area (TPSA) is 144 Å². The van der Waals surface area contributed by atoms with Gasteiger partial charge in [-0.2, -0.15) is 4.37 Å². The lowest BCUT2D eigenvalue weighted by molar-refractivity contribution is -0.126. The molecular formula is C26H23FN6O3S. The standard InChI is InChI=1S/C26H23FN6O3S/c27-19-10-8-18(9-11-19)22(25(35)31-14-16-5-2-1-3-6-16)33(15-17-7-4-12-30-13-17)26(36)23-20(28)21(24(29)34)32-37-23/h1-13,22H,14-15,28H2,(H2,29,34)(H,31,35)/t22-/m1/s1. The van der Waals surface area contributed by atoms with Crippen molar-refractivity contribution in [2.45, 2.75) is 19.1 Å². The lowest BCUT2D eigenvalue weighted by atomic mass is 10.0. The maximum atomic E-state index is 13.9. The van der Waals surface area contributed by atoms with E-state index in [0.29, 0.717) is 22.7 Å². The van der Waals surface area contributed by atoms with Crippen LogP contribution in [0.5, 0.6) is 0 Å². The van der Waals surface area contributed by atoms with Gasteiger partial charge in [0.2, 0.25) is 5.91 Å². The van der Waals surface area contributed by atoms with Gasteiger partial charge in [-0.25, -0.2) is 4.39 Å². The molecule has 2 aromatic heterocycles. The monoisotopic (exact) mass is 518 g/mol. The van der Waals surface area contributed by atoms with Crippen molar-refractivity contribution < 1.29 is 18.8 Å². The van der Waals surface area contributed by atoms with Crippen LogP contribution in [-0.4, -0.2) is 32.0 Å². The second-order valence-corrected chi connectivity index (χ2v) is 8.86. The first-order valence-corrected chi connectivity index (χ1v) is 11.9. The van der Waals surface area contributed by atoms with Crippen LogP contribution in [0, 0.1) is 5.82 Å². The van der Waals surface area contributed by atoms with Crippen LogP contribution in [-0.2, 0) is 17.9 Å². The number of hydrogen-bond acceptors (Lipinski definition) is 7. The number of nitrogens with one attached hydrogen (secondary N) is 1. The van der Waals surface area contributed by atoms with Crippen molar-refractivity contribution in [1.29, 1.82) is 0 Å². The Kier molecular flexibility index (Phi) is 7.84. The molecule has 0 radical (unpaired) electrons. The zero-order valence-electron chi connectivity index (χ0n) is 19.5. The Morgan fingerprint density at radius 1 is 1.00 bits per heavy atom. The lowest BCUT2D eigenvalue weighted by Crippen LogP contribution is -2.43. The number of hydrogen-bond donors (Lipinski definition) is 3. The van der Waals surface area contributed by atoms with Crippen LogP contribution in [0.25, 0.3) is 0 Å². The maximum absolute atomic E-state index is 13.9. The fraction of sp³-hybridized carbons (Fsp3) is 0.115. The summed E-state index contributed by atoms with van der Waals surface area (Å²) in [6.07, 6.45) is 3.15. The van der Waals surface area contributed by atoms with E-state index in [1.54, 1.807) is 24.5 Å². The number of nitrogens with two attached hydrogens (primary N) is 2.